The number of aryl methyl sites for hydroxylation is 1. The van der Waals surface area contributed by atoms with Gasteiger partial charge in [-0.3, -0.25) is 4.40 Å². The molecule has 0 aliphatic heterocycles. The molecule has 0 spiro atoms. The van der Waals surface area contributed by atoms with Crippen molar-refractivity contribution < 1.29 is 0 Å². The Hall–Kier alpha value is -1.35. The van der Waals surface area contributed by atoms with Gasteiger partial charge in [-0.05, 0) is 19.1 Å². The van der Waals surface area contributed by atoms with Gasteiger partial charge in [0.25, 0.3) is 0 Å². The zero-order valence-electron chi connectivity index (χ0n) is 7.19. The first kappa shape index (κ1) is 7.09. The Morgan fingerprint density at radius 2 is 2.15 bits per heavy atom. The molecule has 0 aliphatic carbocycles. The summed E-state index contributed by atoms with van der Waals surface area (Å²) in [5, 5.41) is 0. The maximum absolute atomic E-state index is 4.34. The fourth-order valence-corrected chi connectivity index (χ4v) is 2.65. The van der Waals surface area contributed by atoms with Crippen LogP contribution in [0.15, 0.2) is 30.5 Å². The highest BCUT2D eigenvalue weighted by atomic mass is 32.1. The Labute approximate surface area is 79.5 Å². The molecular formula is C10H8N2S. The van der Waals surface area contributed by atoms with E-state index in [0.29, 0.717) is 0 Å². The van der Waals surface area contributed by atoms with Gasteiger partial charge in [0.15, 0.2) is 4.96 Å². The number of nitrogens with zero attached hydrogens (tertiary/aromatic N) is 2. The number of imidazole rings is 1. The smallest absolute Gasteiger partial charge is 0.194 e. The van der Waals surface area contributed by atoms with Crippen molar-refractivity contribution >= 4 is 26.5 Å². The summed E-state index contributed by atoms with van der Waals surface area (Å²) < 4.78 is 3.49. The zero-order valence-corrected chi connectivity index (χ0v) is 8.01. The number of hydrogen-bond donors (Lipinski definition) is 0. The van der Waals surface area contributed by atoms with E-state index in [4.69, 9.17) is 0 Å². The summed E-state index contributed by atoms with van der Waals surface area (Å²) in [5.41, 5.74) is 2.46. The minimum atomic E-state index is 1.08. The molecule has 13 heavy (non-hydrogen) atoms. The summed E-state index contributed by atoms with van der Waals surface area (Å²) in [4.78, 5) is 5.42. The van der Waals surface area contributed by atoms with Crippen molar-refractivity contribution in [3.63, 3.8) is 0 Å². The SMILES string of the molecule is Cc1cnc2sc3ccccc3n12. The molecule has 3 rings (SSSR count). The first-order valence-electron chi connectivity index (χ1n) is 4.18. The lowest BCUT2D eigenvalue weighted by Gasteiger charge is -1.91. The van der Waals surface area contributed by atoms with Crippen LogP contribution in [-0.4, -0.2) is 9.38 Å². The highest BCUT2D eigenvalue weighted by Gasteiger charge is 2.05. The van der Waals surface area contributed by atoms with Gasteiger partial charge in [0.2, 0.25) is 0 Å². The molecule has 3 heteroatoms. The molecule has 0 bridgehead atoms. The molecule has 0 N–H and O–H groups in total. The molecule has 0 atom stereocenters. The predicted molar refractivity (Wildman–Crippen MR) is 55.3 cm³/mol. The number of benzene rings is 1. The topological polar surface area (TPSA) is 17.3 Å². The molecule has 0 aliphatic rings. The Kier molecular flexibility index (Phi) is 1.27. The minimum absolute atomic E-state index is 1.08. The quantitative estimate of drug-likeness (QED) is 0.530. The van der Waals surface area contributed by atoms with Crippen molar-refractivity contribution in [2.75, 3.05) is 0 Å². The van der Waals surface area contributed by atoms with E-state index in [9.17, 15) is 0 Å². The van der Waals surface area contributed by atoms with Gasteiger partial charge < -0.3 is 0 Å². The molecule has 2 nitrogen and oxygen atoms in total. The molecule has 0 amide bonds. The largest absolute Gasteiger partial charge is 0.288 e. The molecule has 2 aromatic heterocycles. The number of aromatic nitrogens is 2. The van der Waals surface area contributed by atoms with Crippen molar-refractivity contribution in [3.8, 4) is 0 Å². The van der Waals surface area contributed by atoms with E-state index in [1.54, 1.807) is 11.3 Å². The van der Waals surface area contributed by atoms with E-state index in [-0.39, 0.29) is 0 Å². The fraction of sp³-hybridized carbons (Fsp3) is 0.100. The fourth-order valence-electron chi connectivity index (χ4n) is 1.61. The van der Waals surface area contributed by atoms with Gasteiger partial charge in [-0.1, -0.05) is 23.5 Å². The van der Waals surface area contributed by atoms with Gasteiger partial charge >= 0.3 is 0 Å². The Balaban J connectivity index is 2.66. The van der Waals surface area contributed by atoms with Crippen molar-refractivity contribution in [1.29, 1.82) is 0 Å². The lowest BCUT2D eigenvalue weighted by molar-refractivity contribution is 1.19. The van der Waals surface area contributed by atoms with Gasteiger partial charge in [-0.15, -0.1) is 0 Å². The number of para-hydroxylation sites is 1. The average Bonchev–Trinajstić information content (AvgIpc) is 2.66. The zero-order chi connectivity index (χ0) is 8.84. The second-order valence-electron chi connectivity index (χ2n) is 3.09. The number of rotatable bonds is 0. The van der Waals surface area contributed by atoms with E-state index in [1.807, 2.05) is 6.20 Å². The van der Waals surface area contributed by atoms with E-state index in [2.05, 4.69) is 40.6 Å². The third-order valence-corrected chi connectivity index (χ3v) is 3.25. The van der Waals surface area contributed by atoms with Crippen LogP contribution in [0.3, 0.4) is 0 Å². The Morgan fingerprint density at radius 3 is 3.08 bits per heavy atom. The standard InChI is InChI=1S/C10H8N2S/c1-7-6-11-10-12(7)8-4-2-3-5-9(8)13-10/h2-6H,1H3. The van der Waals surface area contributed by atoms with E-state index in [0.717, 1.165) is 4.96 Å². The monoisotopic (exact) mass is 188 g/mol. The van der Waals surface area contributed by atoms with E-state index < -0.39 is 0 Å². The predicted octanol–water partition coefficient (Wildman–Crippen LogP) is 2.86. The molecule has 0 unspecified atom stereocenters. The van der Waals surface area contributed by atoms with Crippen LogP contribution < -0.4 is 0 Å². The normalized spacial score (nSPS) is 11.5. The third kappa shape index (κ3) is 0.848. The van der Waals surface area contributed by atoms with Gasteiger partial charge in [0.05, 0.1) is 10.2 Å². The molecule has 0 saturated carbocycles. The summed E-state index contributed by atoms with van der Waals surface area (Å²) in [6.07, 6.45) is 1.91. The van der Waals surface area contributed by atoms with Crippen molar-refractivity contribution in [2.24, 2.45) is 0 Å². The van der Waals surface area contributed by atoms with Crippen molar-refractivity contribution in [1.82, 2.24) is 9.38 Å². The van der Waals surface area contributed by atoms with Crippen LogP contribution in [0.5, 0.6) is 0 Å². The van der Waals surface area contributed by atoms with Crippen LogP contribution in [-0.2, 0) is 0 Å². The summed E-state index contributed by atoms with van der Waals surface area (Å²) in [6.45, 7) is 2.08. The lowest BCUT2D eigenvalue weighted by atomic mass is 10.3. The number of fused-ring (bicyclic) bond motifs is 3. The number of hydrogen-bond acceptors (Lipinski definition) is 2. The molecule has 1 aromatic carbocycles. The van der Waals surface area contributed by atoms with Crippen LogP contribution in [0.2, 0.25) is 0 Å². The second-order valence-corrected chi connectivity index (χ2v) is 4.10. The molecule has 3 aromatic rings. The number of thiazole rings is 1. The van der Waals surface area contributed by atoms with Crippen LogP contribution in [0.25, 0.3) is 15.2 Å². The minimum Gasteiger partial charge on any atom is -0.288 e. The molecule has 0 saturated heterocycles. The first-order chi connectivity index (χ1) is 6.36. The van der Waals surface area contributed by atoms with Gasteiger partial charge in [-0.2, -0.15) is 0 Å². The molecule has 2 heterocycles. The summed E-state index contributed by atoms with van der Waals surface area (Å²) in [7, 11) is 0. The van der Waals surface area contributed by atoms with Gasteiger partial charge in [0.1, 0.15) is 0 Å². The summed E-state index contributed by atoms with van der Waals surface area (Å²) >= 11 is 1.73. The Bertz CT molecular complexity index is 577. The second kappa shape index (κ2) is 2.33. The van der Waals surface area contributed by atoms with Crippen LogP contribution in [0, 0.1) is 6.92 Å². The average molecular weight is 188 g/mol. The molecule has 0 radical (unpaired) electrons. The van der Waals surface area contributed by atoms with E-state index >= 15 is 0 Å². The lowest BCUT2D eigenvalue weighted by Crippen LogP contribution is -1.81. The third-order valence-electron chi connectivity index (χ3n) is 2.21. The summed E-state index contributed by atoms with van der Waals surface area (Å²) in [6, 6.07) is 8.39. The van der Waals surface area contributed by atoms with Crippen molar-refractivity contribution in [2.45, 2.75) is 6.92 Å². The van der Waals surface area contributed by atoms with Crippen LogP contribution in [0.4, 0.5) is 0 Å². The van der Waals surface area contributed by atoms with Crippen LogP contribution in [0.1, 0.15) is 5.69 Å². The summed E-state index contributed by atoms with van der Waals surface area (Å²) in [5.74, 6) is 0. The van der Waals surface area contributed by atoms with Crippen LogP contribution >= 0.6 is 11.3 Å². The maximum atomic E-state index is 4.34. The highest BCUT2D eigenvalue weighted by Crippen LogP contribution is 2.26. The molecule has 64 valence electrons. The Morgan fingerprint density at radius 1 is 1.31 bits per heavy atom. The maximum Gasteiger partial charge on any atom is 0.194 e. The highest BCUT2D eigenvalue weighted by molar-refractivity contribution is 7.23. The molecule has 0 fully saturated rings. The molecular weight excluding hydrogens is 180 g/mol. The van der Waals surface area contributed by atoms with E-state index in [1.165, 1.54) is 15.9 Å². The van der Waals surface area contributed by atoms with Gasteiger partial charge in [0, 0.05) is 11.9 Å². The van der Waals surface area contributed by atoms with Crippen molar-refractivity contribution in [3.05, 3.63) is 36.2 Å². The van der Waals surface area contributed by atoms with Gasteiger partial charge in [-0.25, -0.2) is 4.98 Å². The first-order valence-corrected chi connectivity index (χ1v) is 4.99.